The number of carbonyl (C=O) groups excluding carboxylic acids is 1. The molecule has 0 aliphatic carbocycles. The van der Waals surface area contributed by atoms with Crippen LogP contribution in [0.1, 0.15) is 5.82 Å². The van der Waals surface area contributed by atoms with E-state index in [4.69, 9.17) is 16.6 Å². The van der Waals surface area contributed by atoms with Crippen LogP contribution < -0.4 is 10.2 Å². The predicted octanol–water partition coefficient (Wildman–Crippen LogP) is 4.82. The van der Waals surface area contributed by atoms with Crippen LogP contribution in [-0.2, 0) is 11.2 Å². The Kier molecular flexibility index (Phi) is 7.56. The largest absolute Gasteiger partial charge is 0.507 e. The number of aromatic nitrogens is 3. The molecule has 0 atom stereocenters. The quantitative estimate of drug-likeness (QED) is 0.319. The van der Waals surface area contributed by atoms with E-state index in [-0.39, 0.29) is 27.6 Å². The molecule has 0 unspecified atom stereocenters. The van der Waals surface area contributed by atoms with Gasteiger partial charge in [-0.3, -0.25) is 4.79 Å². The molecule has 1 fully saturated rings. The normalized spacial score (nSPS) is 13.5. The number of nitrogens with one attached hydrogen (secondary N) is 1. The van der Waals surface area contributed by atoms with Gasteiger partial charge in [0.25, 0.3) is 0 Å². The third-order valence-corrected chi connectivity index (χ3v) is 6.83. The van der Waals surface area contributed by atoms with Crippen LogP contribution in [0.4, 0.5) is 20.4 Å². The van der Waals surface area contributed by atoms with E-state index in [1.54, 1.807) is 11.1 Å². The fourth-order valence-electron chi connectivity index (χ4n) is 4.60. The van der Waals surface area contributed by atoms with Crippen LogP contribution in [0.2, 0.25) is 5.02 Å². The van der Waals surface area contributed by atoms with Crippen molar-refractivity contribution in [2.24, 2.45) is 0 Å². The number of aromatic hydroxyl groups is 1. The molecule has 3 heterocycles. The predicted molar refractivity (Wildman–Crippen MR) is 147 cm³/mol. The Labute approximate surface area is 228 Å². The topological polar surface area (TPSA) is 94.5 Å². The van der Waals surface area contributed by atoms with Crippen molar-refractivity contribution in [2.45, 2.75) is 6.42 Å². The Morgan fingerprint density at radius 1 is 1.10 bits per heavy atom. The lowest BCUT2D eigenvalue weighted by molar-refractivity contribution is -0.126. The van der Waals surface area contributed by atoms with Gasteiger partial charge in [-0.1, -0.05) is 30.3 Å². The molecule has 2 aromatic carbocycles. The Morgan fingerprint density at radius 2 is 1.90 bits per heavy atom. The van der Waals surface area contributed by atoms with E-state index < -0.39 is 17.4 Å². The molecule has 1 aliphatic rings. The number of phenols is 1. The fourth-order valence-corrected chi connectivity index (χ4v) is 4.89. The first kappa shape index (κ1) is 26.3. The van der Waals surface area contributed by atoms with Gasteiger partial charge in [0.15, 0.2) is 5.82 Å². The number of hydrogen-bond acceptors (Lipinski definition) is 7. The van der Waals surface area contributed by atoms with Crippen LogP contribution in [0, 0.1) is 11.6 Å². The standard InChI is InChI=1S/C28H25ClF2N6O2/c1-2-23(39)36-12-14-37(15-13-36)28-17-16-18(29)24(25-19(30)6-5-7-20(25)38)26(31)27(17)34-22(35-28)9-11-33-21-8-3-4-10-32-21/h2-8,10,16,38H,1,9,11-15H2,(H,32,33). The summed E-state index contributed by atoms with van der Waals surface area (Å²) in [7, 11) is 0. The molecule has 200 valence electrons. The lowest BCUT2D eigenvalue weighted by Crippen LogP contribution is -2.48. The van der Waals surface area contributed by atoms with E-state index in [1.165, 1.54) is 24.3 Å². The smallest absolute Gasteiger partial charge is 0.246 e. The highest BCUT2D eigenvalue weighted by molar-refractivity contribution is 6.34. The fraction of sp³-hybridized carbons (Fsp3) is 0.214. The molecular formula is C28H25ClF2N6O2. The van der Waals surface area contributed by atoms with Crippen LogP contribution in [0.25, 0.3) is 22.0 Å². The van der Waals surface area contributed by atoms with Gasteiger partial charge in [-0.25, -0.2) is 23.7 Å². The minimum absolute atomic E-state index is 0.0421. The summed E-state index contributed by atoms with van der Waals surface area (Å²) in [5.41, 5.74) is -0.653. The van der Waals surface area contributed by atoms with Crippen LogP contribution in [0.3, 0.4) is 0 Å². The lowest BCUT2D eigenvalue weighted by Gasteiger charge is -2.35. The number of amides is 1. The molecular weight excluding hydrogens is 526 g/mol. The summed E-state index contributed by atoms with van der Waals surface area (Å²) < 4.78 is 30.9. The van der Waals surface area contributed by atoms with E-state index >= 15 is 4.39 Å². The number of fused-ring (bicyclic) bond motifs is 1. The van der Waals surface area contributed by atoms with Crippen LogP contribution in [-0.4, -0.2) is 63.6 Å². The minimum atomic E-state index is -0.860. The Morgan fingerprint density at radius 3 is 2.59 bits per heavy atom. The van der Waals surface area contributed by atoms with Crippen molar-refractivity contribution in [3.05, 3.63) is 83.8 Å². The highest BCUT2D eigenvalue weighted by atomic mass is 35.5. The van der Waals surface area contributed by atoms with Crippen molar-refractivity contribution >= 4 is 40.0 Å². The minimum Gasteiger partial charge on any atom is -0.507 e. The summed E-state index contributed by atoms with van der Waals surface area (Å²) in [4.78, 5) is 29.2. The second-order valence-corrected chi connectivity index (χ2v) is 9.36. The molecule has 0 radical (unpaired) electrons. The third-order valence-electron chi connectivity index (χ3n) is 6.54. The highest BCUT2D eigenvalue weighted by Crippen LogP contribution is 2.42. The molecule has 0 bridgehead atoms. The zero-order valence-electron chi connectivity index (χ0n) is 20.9. The second-order valence-electron chi connectivity index (χ2n) is 8.95. The van der Waals surface area contributed by atoms with Gasteiger partial charge in [0.05, 0.1) is 10.6 Å². The van der Waals surface area contributed by atoms with Crippen molar-refractivity contribution in [1.82, 2.24) is 19.9 Å². The molecule has 0 spiro atoms. The first-order valence-electron chi connectivity index (χ1n) is 12.3. The van der Waals surface area contributed by atoms with Crippen molar-refractivity contribution in [3.63, 3.8) is 0 Å². The molecule has 8 nitrogen and oxygen atoms in total. The molecule has 1 amide bonds. The van der Waals surface area contributed by atoms with Gasteiger partial charge < -0.3 is 20.2 Å². The number of benzene rings is 2. The van der Waals surface area contributed by atoms with E-state index in [0.717, 1.165) is 6.07 Å². The molecule has 1 saturated heterocycles. The lowest BCUT2D eigenvalue weighted by atomic mass is 10.0. The average Bonchev–Trinajstić information content (AvgIpc) is 2.95. The van der Waals surface area contributed by atoms with E-state index in [0.29, 0.717) is 62.0 Å². The molecule has 5 rings (SSSR count). The number of halogens is 3. The molecule has 11 heteroatoms. The van der Waals surface area contributed by atoms with Crippen molar-refractivity contribution in [1.29, 1.82) is 0 Å². The van der Waals surface area contributed by atoms with Gasteiger partial charge in [-0.15, -0.1) is 0 Å². The molecule has 2 aromatic heterocycles. The average molecular weight is 551 g/mol. The Balaban J connectivity index is 1.57. The van der Waals surface area contributed by atoms with E-state index in [9.17, 15) is 14.3 Å². The molecule has 1 aliphatic heterocycles. The summed E-state index contributed by atoms with van der Waals surface area (Å²) in [6.07, 6.45) is 3.29. The summed E-state index contributed by atoms with van der Waals surface area (Å²) in [6, 6.07) is 10.7. The maximum atomic E-state index is 16.1. The molecule has 2 N–H and O–H groups in total. The van der Waals surface area contributed by atoms with E-state index in [2.05, 4.69) is 21.9 Å². The van der Waals surface area contributed by atoms with Gasteiger partial charge in [-0.2, -0.15) is 0 Å². The van der Waals surface area contributed by atoms with Crippen molar-refractivity contribution in [2.75, 3.05) is 42.9 Å². The number of nitrogens with zero attached hydrogens (tertiary/aromatic N) is 5. The zero-order chi connectivity index (χ0) is 27.5. The van der Waals surface area contributed by atoms with Crippen molar-refractivity contribution in [3.8, 4) is 16.9 Å². The number of carbonyl (C=O) groups is 1. The van der Waals surface area contributed by atoms with Crippen LogP contribution in [0.15, 0.2) is 61.3 Å². The van der Waals surface area contributed by atoms with Crippen molar-refractivity contribution < 1.29 is 18.7 Å². The highest BCUT2D eigenvalue weighted by Gasteiger charge is 2.27. The zero-order valence-corrected chi connectivity index (χ0v) is 21.6. The van der Waals surface area contributed by atoms with Gasteiger partial charge in [0.1, 0.15) is 34.5 Å². The number of phenolic OH excluding ortho intramolecular Hbond substituents is 1. The second kappa shape index (κ2) is 11.2. The Hall–Kier alpha value is -4.31. The Bertz CT molecular complexity index is 1520. The SMILES string of the molecule is C=CC(=O)N1CCN(c2nc(CCNc3ccccn3)nc3c(F)c(-c4c(O)cccc4F)c(Cl)cc23)CC1. The van der Waals surface area contributed by atoms with E-state index in [1.807, 2.05) is 23.1 Å². The number of hydrogen-bond donors (Lipinski definition) is 2. The monoisotopic (exact) mass is 550 g/mol. The summed E-state index contributed by atoms with van der Waals surface area (Å²) in [6.45, 7) is 5.75. The van der Waals surface area contributed by atoms with Gasteiger partial charge in [-0.05, 0) is 36.4 Å². The van der Waals surface area contributed by atoms with Gasteiger partial charge >= 0.3 is 0 Å². The number of anilines is 2. The summed E-state index contributed by atoms with van der Waals surface area (Å²) in [5, 5.41) is 13.8. The summed E-state index contributed by atoms with van der Waals surface area (Å²) in [5.74, 6) is -0.775. The number of rotatable bonds is 7. The number of pyridine rings is 1. The first-order valence-corrected chi connectivity index (χ1v) is 12.7. The summed E-state index contributed by atoms with van der Waals surface area (Å²) >= 11 is 6.50. The number of piperazine rings is 1. The van der Waals surface area contributed by atoms with Gasteiger partial charge in [0, 0.05) is 56.3 Å². The van der Waals surface area contributed by atoms with Crippen LogP contribution in [0.5, 0.6) is 5.75 Å². The first-order chi connectivity index (χ1) is 18.9. The maximum Gasteiger partial charge on any atom is 0.246 e. The van der Waals surface area contributed by atoms with Gasteiger partial charge in [0.2, 0.25) is 5.91 Å². The molecule has 0 saturated carbocycles. The van der Waals surface area contributed by atoms with Crippen LogP contribution >= 0.6 is 11.6 Å². The molecule has 4 aromatic rings. The molecule has 39 heavy (non-hydrogen) atoms. The maximum absolute atomic E-state index is 16.1. The third kappa shape index (κ3) is 5.33.